The van der Waals surface area contributed by atoms with Crippen LogP contribution in [0.3, 0.4) is 0 Å². The molecule has 0 radical (unpaired) electrons. The van der Waals surface area contributed by atoms with E-state index >= 15 is 0 Å². The second kappa shape index (κ2) is 4.52. The SMILES string of the molecule is CC1CCCC(C(=O)N2CCCC2)C1N. The van der Waals surface area contributed by atoms with Crippen LogP contribution in [0.2, 0.25) is 0 Å². The summed E-state index contributed by atoms with van der Waals surface area (Å²) < 4.78 is 0. The minimum atomic E-state index is 0.0897. The van der Waals surface area contributed by atoms with Gasteiger partial charge in [-0.2, -0.15) is 0 Å². The van der Waals surface area contributed by atoms with Gasteiger partial charge in [0, 0.05) is 19.1 Å². The lowest BCUT2D eigenvalue weighted by atomic mass is 9.77. The summed E-state index contributed by atoms with van der Waals surface area (Å²) in [4.78, 5) is 14.2. The lowest BCUT2D eigenvalue weighted by Gasteiger charge is -2.35. The molecule has 86 valence electrons. The number of carbonyl (C=O) groups is 1. The topological polar surface area (TPSA) is 46.3 Å². The predicted molar refractivity (Wildman–Crippen MR) is 60.3 cm³/mol. The molecule has 0 aromatic heterocycles. The van der Waals surface area contributed by atoms with E-state index in [1.807, 2.05) is 4.90 Å². The molecule has 15 heavy (non-hydrogen) atoms. The van der Waals surface area contributed by atoms with Crippen LogP contribution in [0.5, 0.6) is 0 Å². The van der Waals surface area contributed by atoms with Gasteiger partial charge in [0.1, 0.15) is 0 Å². The van der Waals surface area contributed by atoms with E-state index in [0.29, 0.717) is 11.8 Å². The molecule has 2 N–H and O–H groups in total. The van der Waals surface area contributed by atoms with Gasteiger partial charge in [0.15, 0.2) is 0 Å². The summed E-state index contributed by atoms with van der Waals surface area (Å²) in [5, 5.41) is 0. The van der Waals surface area contributed by atoms with Crippen molar-refractivity contribution in [1.29, 1.82) is 0 Å². The van der Waals surface area contributed by atoms with Crippen LogP contribution in [-0.2, 0) is 4.79 Å². The fraction of sp³-hybridized carbons (Fsp3) is 0.917. The Bertz CT molecular complexity index is 236. The van der Waals surface area contributed by atoms with E-state index in [9.17, 15) is 4.79 Å². The lowest BCUT2D eigenvalue weighted by molar-refractivity contribution is -0.136. The molecule has 2 fully saturated rings. The number of hydrogen-bond donors (Lipinski definition) is 1. The molecule has 3 atom stereocenters. The van der Waals surface area contributed by atoms with Crippen LogP contribution < -0.4 is 5.73 Å². The first-order chi connectivity index (χ1) is 7.20. The lowest BCUT2D eigenvalue weighted by Crippen LogP contribution is -2.48. The van der Waals surface area contributed by atoms with E-state index in [4.69, 9.17) is 5.73 Å². The summed E-state index contributed by atoms with van der Waals surface area (Å²) in [6.45, 7) is 4.08. The molecule has 0 aromatic rings. The first-order valence-electron chi connectivity index (χ1n) is 6.24. The van der Waals surface area contributed by atoms with Crippen LogP contribution in [-0.4, -0.2) is 29.9 Å². The van der Waals surface area contributed by atoms with Gasteiger partial charge >= 0.3 is 0 Å². The Kier molecular flexibility index (Phi) is 3.29. The van der Waals surface area contributed by atoms with E-state index in [1.54, 1.807) is 0 Å². The summed E-state index contributed by atoms with van der Waals surface area (Å²) in [5.41, 5.74) is 6.14. The van der Waals surface area contributed by atoms with Crippen LogP contribution in [0.25, 0.3) is 0 Å². The van der Waals surface area contributed by atoms with Crippen molar-refractivity contribution in [2.75, 3.05) is 13.1 Å². The van der Waals surface area contributed by atoms with Gasteiger partial charge in [0.05, 0.1) is 5.92 Å². The molecule has 0 spiro atoms. The first-order valence-corrected chi connectivity index (χ1v) is 6.24. The Balaban J connectivity index is 1.98. The van der Waals surface area contributed by atoms with Gasteiger partial charge in [-0.3, -0.25) is 4.79 Å². The monoisotopic (exact) mass is 210 g/mol. The Morgan fingerprint density at radius 3 is 2.53 bits per heavy atom. The standard InChI is InChI=1S/C12H22N2O/c1-9-5-4-6-10(11(9)13)12(15)14-7-2-3-8-14/h9-11H,2-8,13H2,1H3. The second-order valence-electron chi connectivity index (χ2n) is 5.12. The number of rotatable bonds is 1. The summed E-state index contributed by atoms with van der Waals surface area (Å²) in [7, 11) is 0. The van der Waals surface area contributed by atoms with Crippen molar-refractivity contribution < 1.29 is 4.79 Å². The Hall–Kier alpha value is -0.570. The average molecular weight is 210 g/mol. The highest BCUT2D eigenvalue weighted by Gasteiger charge is 2.35. The van der Waals surface area contributed by atoms with Gasteiger partial charge in [0.2, 0.25) is 5.91 Å². The van der Waals surface area contributed by atoms with E-state index in [-0.39, 0.29) is 12.0 Å². The molecule has 3 heteroatoms. The second-order valence-corrected chi connectivity index (χ2v) is 5.12. The quantitative estimate of drug-likeness (QED) is 0.710. The number of hydrogen-bond acceptors (Lipinski definition) is 2. The third-order valence-electron chi connectivity index (χ3n) is 4.03. The van der Waals surface area contributed by atoms with Gasteiger partial charge < -0.3 is 10.6 Å². The van der Waals surface area contributed by atoms with Crippen LogP contribution >= 0.6 is 0 Å². The highest BCUT2D eigenvalue weighted by Crippen LogP contribution is 2.29. The molecule has 2 aliphatic rings. The molecule has 1 heterocycles. The zero-order valence-corrected chi connectivity index (χ0v) is 9.61. The largest absolute Gasteiger partial charge is 0.342 e. The van der Waals surface area contributed by atoms with Gasteiger partial charge in [-0.05, 0) is 31.6 Å². The van der Waals surface area contributed by atoms with E-state index in [1.165, 1.54) is 25.7 Å². The summed E-state index contributed by atoms with van der Waals surface area (Å²) in [6.07, 6.45) is 5.69. The van der Waals surface area contributed by atoms with Crippen LogP contribution in [0.15, 0.2) is 0 Å². The van der Waals surface area contributed by atoms with Gasteiger partial charge in [-0.25, -0.2) is 0 Å². The van der Waals surface area contributed by atoms with E-state index in [2.05, 4.69) is 6.92 Å². The Morgan fingerprint density at radius 1 is 1.20 bits per heavy atom. The molecular formula is C12H22N2O. The van der Waals surface area contributed by atoms with Crippen molar-refractivity contribution in [1.82, 2.24) is 4.90 Å². The molecule has 1 saturated heterocycles. The maximum Gasteiger partial charge on any atom is 0.227 e. The Labute approximate surface area is 92.0 Å². The minimum absolute atomic E-state index is 0.0897. The normalized spacial score (nSPS) is 36.9. The maximum absolute atomic E-state index is 12.2. The highest BCUT2D eigenvalue weighted by molar-refractivity contribution is 5.80. The molecule has 1 aliphatic heterocycles. The van der Waals surface area contributed by atoms with Gasteiger partial charge in [0.25, 0.3) is 0 Å². The first kappa shape index (κ1) is 10.9. The Morgan fingerprint density at radius 2 is 1.87 bits per heavy atom. The predicted octanol–water partition coefficient (Wildman–Crippen LogP) is 1.37. The molecule has 3 unspecified atom stereocenters. The third-order valence-corrected chi connectivity index (χ3v) is 4.03. The highest BCUT2D eigenvalue weighted by atomic mass is 16.2. The van der Waals surface area contributed by atoms with E-state index in [0.717, 1.165) is 19.5 Å². The summed E-state index contributed by atoms with van der Waals surface area (Å²) >= 11 is 0. The summed E-state index contributed by atoms with van der Waals surface area (Å²) in [6, 6.07) is 0.0897. The van der Waals surface area contributed by atoms with Crippen molar-refractivity contribution >= 4 is 5.91 Å². The zero-order chi connectivity index (χ0) is 10.8. The summed E-state index contributed by atoms with van der Waals surface area (Å²) in [5.74, 6) is 0.939. The number of carbonyl (C=O) groups excluding carboxylic acids is 1. The number of nitrogens with two attached hydrogens (primary N) is 1. The fourth-order valence-corrected chi connectivity index (χ4v) is 2.90. The van der Waals surface area contributed by atoms with Crippen molar-refractivity contribution in [2.45, 2.75) is 45.1 Å². The minimum Gasteiger partial charge on any atom is -0.342 e. The van der Waals surface area contributed by atoms with Crippen molar-refractivity contribution in [3.63, 3.8) is 0 Å². The van der Waals surface area contributed by atoms with Crippen LogP contribution in [0.4, 0.5) is 0 Å². The molecule has 0 aromatic carbocycles. The molecule has 0 bridgehead atoms. The smallest absolute Gasteiger partial charge is 0.227 e. The van der Waals surface area contributed by atoms with E-state index < -0.39 is 0 Å². The molecular weight excluding hydrogens is 188 g/mol. The molecule has 1 aliphatic carbocycles. The van der Waals surface area contributed by atoms with Crippen molar-refractivity contribution in [3.05, 3.63) is 0 Å². The van der Waals surface area contributed by atoms with Crippen LogP contribution in [0.1, 0.15) is 39.0 Å². The average Bonchev–Trinajstić information content (AvgIpc) is 2.74. The van der Waals surface area contributed by atoms with Gasteiger partial charge in [-0.1, -0.05) is 13.3 Å². The molecule has 3 nitrogen and oxygen atoms in total. The van der Waals surface area contributed by atoms with Crippen molar-refractivity contribution in [3.8, 4) is 0 Å². The number of nitrogens with zero attached hydrogens (tertiary/aromatic N) is 1. The zero-order valence-electron chi connectivity index (χ0n) is 9.61. The third kappa shape index (κ3) is 2.17. The number of likely N-dealkylation sites (tertiary alicyclic amines) is 1. The molecule has 1 amide bonds. The van der Waals surface area contributed by atoms with Crippen molar-refractivity contribution in [2.24, 2.45) is 17.6 Å². The fourth-order valence-electron chi connectivity index (χ4n) is 2.90. The van der Waals surface area contributed by atoms with Gasteiger partial charge in [-0.15, -0.1) is 0 Å². The maximum atomic E-state index is 12.2. The molecule has 1 saturated carbocycles. The van der Waals surface area contributed by atoms with Crippen LogP contribution in [0, 0.1) is 11.8 Å². The molecule has 2 rings (SSSR count). The number of amides is 1.